The van der Waals surface area contributed by atoms with E-state index >= 15 is 0 Å². The van der Waals surface area contributed by atoms with Crippen LogP contribution >= 0.6 is 27.7 Å². The molecule has 4 amide bonds. The fraction of sp³-hybridized carbons (Fsp3) is 0.316. The molecule has 1 aromatic rings. The summed E-state index contributed by atoms with van der Waals surface area (Å²) in [6, 6.07) is 6.82. The molecule has 10 heteroatoms. The summed E-state index contributed by atoms with van der Waals surface area (Å²) in [5.74, 6) is -0.849. The van der Waals surface area contributed by atoms with E-state index in [1.165, 1.54) is 23.4 Å². The number of carbonyl (C=O) groups is 3. The molecule has 0 aliphatic carbocycles. The molecule has 0 bridgehead atoms. The van der Waals surface area contributed by atoms with Crippen molar-refractivity contribution in [2.75, 3.05) is 38.9 Å². The van der Waals surface area contributed by atoms with Gasteiger partial charge in [0, 0.05) is 27.7 Å². The number of amidine groups is 1. The number of methoxy groups -OCH3 is 1. The van der Waals surface area contributed by atoms with Gasteiger partial charge >= 0.3 is 11.9 Å². The van der Waals surface area contributed by atoms with Crippen molar-refractivity contribution in [3.63, 3.8) is 0 Å². The van der Waals surface area contributed by atoms with Crippen LogP contribution in [0.4, 0.5) is 10.5 Å². The van der Waals surface area contributed by atoms with E-state index in [9.17, 15) is 14.4 Å². The molecule has 2 aliphatic heterocycles. The molecule has 1 N–H and O–H groups in total. The predicted octanol–water partition coefficient (Wildman–Crippen LogP) is 2.35. The first-order valence-electron chi connectivity index (χ1n) is 8.69. The zero-order valence-corrected chi connectivity index (χ0v) is 18.5. The van der Waals surface area contributed by atoms with Crippen LogP contribution in [0.5, 0.6) is 0 Å². The maximum absolute atomic E-state index is 12.8. The first-order valence-corrected chi connectivity index (χ1v) is 10.5. The van der Waals surface area contributed by atoms with Gasteiger partial charge in [0.1, 0.15) is 6.21 Å². The third-order valence-corrected chi connectivity index (χ3v) is 6.22. The van der Waals surface area contributed by atoms with Crippen molar-refractivity contribution in [2.45, 2.75) is 0 Å². The third-order valence-electron chi connectivity index (χ3n) is 4.47. The number of benzene rings is 1. The van der Waals surface area contributed by atoms with Gasteiger partial charge in [0.2, 0.25) is 5.91 Å². The molecule has 0 saturated carbocycles. The molecule has 2 heterocycles. The van der Waals surface area contributed by atoms with Crippen LogP contribution in [0.25, 0.3) is 0 Å². The van der Waals surface area contributed by atoms with E-state index in [0.29, 0.717) is 22.0 Å². The normalized spacial score (nSPS) is 19.0. The minimum Gasteiger partial charge on any atom is -0.380 e. The Morgan fingerprint density at radius 3 is 2.69 bits per heavy atom. The predicted molar refractivity (Wildman–Crippen MR) is 115 cm³/mol. The molecule has 0 fully saturated rings. The van der Waals surface area contributed by atoms with E-state index in [0.717, 1.165) is 9.37 Å². The minimum absolute atomic E-state index is 0.102. The number of amides is 4. The molecule has 3 rings (SSSR count). The highest BCUT2D eigenvalue weighted by molar-refractivity contribution is 9.10. The van der Waals surface area contributed by atoms with Crippen LogP contribution in [0.1, 0.15) is 0 Å². The first-order chi connectivity index (χ1) is 13.8. The summed E-state index contributed by atoms with van der Waals surface area (Å²) in [7, 11) is 4.57. The van der Waals surface area contributed by atoms with Crippen LogP contribution in [0.3, 0.4) is 0 Å². The summed E-state index contributed by atoms with van der Waals surface area (Å²) in [6.07, 6.45) is 1.59. The number of hydrogen-bond donors (Lipinski definition) is 1. The van der Waals surface area contributed by atoms with Crippen molar-refractivity contribution in [2.24, 2.45) is 10.9 Å². The second-order valence-corrected chi connectivity index (χ2v) is 8.39. The summed E-state index contributed by atoms with van der Waals surface area (Å²) in [5.41, 5.74) is 1.40. The number of hydrogen-bond acceptors (Lipinski definition) is 6. The molecule has 1 unspecified atom stereocenters. The van der Waals surface area contributed by atoms with Crippen LogP contribution in [0.2, 0.25) is 0 Å². The van der Waals surface area contributed by atoms with E-state index in [4.69, 9.17) is 4.74 Å². The number of fused-ring (bicyclic) bond motifs is 1. The number of aliphatic imine (C=N–C) groups is 1. The highest BCUT2D eigenvalue weighted by atomic mass is 79.9. The maximum Gasteiger partial charge on any atom is 0.445 e. The molecule has 1 aromatic carbocycles. The molecule has 0 saturated heterocycles. The smallest absolute Gasteiger partial charge is 0.380 e. The van der Waals surface area contributed by atoms with Gasteiger partial charge in [-0.3, -0.25) is 9.59 Å². The number of imide groups is 1. The Morgan fingerprint density at radius 2 is 2.03 bits per heavy atom. The molecular formula is C19H20BrN4O4S+. The molecule has 0 aromatic heterocycles. The zero-order chi connectivity index (χ0) is 21.1. The Bertz CT molecular complexity index is 955. The van der Waals surface area contributed by atoms with Gasteiger partial charge in [0.15, 0.2) is 5.92 Å². The van der Waals surface area contributed by atoms with Gasteiger partial charge in [-0.2, -0.15) is 9.48 Å². The quantitative estimate of drug-likeness (QED) is 0.632. The number of anilines is 1. The highest BCUT2D eigenvalue weighted by Gasteiger charge is 2.48. The Morgan fingerprint density at radius 1 is 1.34 bits per heavy atom. The average molecular weight is 480 g/mol. The van der Waals surface area contributed by atoms with Crippen molar-refractivity contribution in [3.8, 4) is 0 Å². The van der Waals surface area contributed by atoms with E-state index < -0.39 is 11.9 Å². The number of dihydropyridines is 1. The molecule has 29 heavy (non-hydrogen) atoms. The second kappa shape index (κ2) is 9.02. The van der Waals surface area contributed by atoms with E-state index in [2.05, 4.69) is 26.2 Å². The first kappa shape index (κ1) is 21.4. The number of nitrogens with one attached hydrogen (secondary N) is 1. The van der Waals surface area contributed by atoms with Crippen LogP contribution in [0.15, 0.2) is 44.2 Å². The lowest BCUT2D eigenvalue weighted by Crippen LogP contribution is -2.53. The number of thioether (sulfide) groups is 1. The largest absolute Gasteiger partial charge is 0.445 e. The van der Waals surface area contributed by atoms with Crippen molar-refractivity contribution < 1.29 is 23.7 Å². The fourth-order valence-electron chi connectivity index (χ4n) is 3.01. The van der Waals surface area contributed by atoms with Crippen molar-refractivity contribution in [1.82, 2.24) is 4.90 Å². The lowest BCUT2D eigenvalue weighted by molar-refractivity contribution is -0.407. The number of rotatable bonds is 6. The van der Waals surface area contributed by atoms with Crippen LogP contribution in [-0.2, 0) is 14.3 Å². The lowest BCUT2D eigenvalue weighted by atomic mass is 9.98. The van der Waals surface area contributed by atoms with Gasteiger partial charge in [-0.1, -0.05) is 15.9 Å². The summed E-state index contributed by atoms with van der Waals surface area (Å²) < 4.78 is 7.51. The average Bonchev–Trinajstić information content (AvgIpc) is 2.71. The Kier molecular flexibility index (Phi) is 6.66. The van der Waals surface area contributed by atoms with Gasteiger partial charge < -0.3 is 10.1 Å². The van der Waals surface area contributed by atoms with Crippen LogP contribution < -0.4 is 5.32 Å². The van der Waals surface area contributed by atoms with Crippen LogP contribution in [-0.4, -0.2) is 72.9 Å². The maximum atomic E-state index is 12.8. The highest BCUT2D eigenvalue weighted by Crippen LogP contribution is 2.34. The van der Waals surface area contributed by atoms with E-state index in [1.54, 1.807) is 32.5 Å². The number of nitrogens with zero attached hydrogens (tertiary/aromatic N) is 3. The second-order valence-electron chi connectivity index (χ2n) is 6.45. The minimum atomic E-state index is -0.733. The Balaban J connectivity index is 1.83. The Labute approximate surface area is 180 Å². The summed E-state index contributed by atoms with van der Waals surface area (Å²) in [5, 5.41) is 2.83. The van der Waals surface area contributed by atoms with Gasteiger partial charge in [0.25, 0.3) is 5.84 Å². The van der Waals surface area contributed by atoms with E-state index in [-0.39, 0.29) is 24.2 Å². The molecule has 152 valence electrons. The number of ether oxygens (including phenoxy) is 1. The number of carbonyl (C=O) groups excluding carboxylic acids is 3. The van der Waals surface area contributed by atoms with E-state index in [1.807, 2.05) is 12.1 Å². The van der Waals surface area contributed by atoms with Crippen molar-refractivity contribution >= 4 is 63.3 Å². The van der Waals surface area contributed by atoms with Gasteiger partial charge in [-0.15, -0.1) is 16.8 Å². The molecule has 0 radical (unpaired) electrons. The topological polar surface area (TPSA) is 91.1 Å². The molecule has 8 nitrogen and oxygen atoms in total. The number of halogens is 1. The van der Waals surface area contributed by atoms with Crippen LogP contribution in [0, 0.1) is 5.92 Å². The molecule has 2 aliphatic rings. The molecule has 1 atom stereocenters. The zero-order valence-electron chi connectivity index (χ0n) is 16.1. The standard InChI is InChI=1S/C19H19BrN4O4S/c1-23-17-15(18(26)24(2)19(23)27)16(11(8-21-17)9-28-3)29-10-14(25)22-13-6-4-12(20)5-7-13/h4-8,15H,9-10H2,1-3H3/p+1. The Hall–Kier alpha value is -2.30. The molecule has 0 spiro atoms. The van der Waals surface area contributed by atoms with Gasteiger partial charge in [-0.25, -0.2) is 4.79 Å². The molecular weight excluding hydrogens is 460 g/mol. The summed E-state index contributed by atoms with van der Waals surface area (Å²) >= 11 is 4.61. The van der Waals surface area contributed by atoms with Gasteiger partial charge in [-0.05, 0) is 24.3 Å². The van der Waals surface area contributed by atoms with Crippen molar-refractivity contribution in [3.05, 3.63) is 39.2 Å². The summed E-state index contributed by atoms with van der Waals surface area (Å²) in [6.45, 7) is 0.249. The van der Waals surface area contributed by atoms with Gasteiger partial charge in [0.05, 0.1) is 26.5 Å². The fourth-order valence-corrected chi connectivity index (χ4v) is 4.31. The third kappa shape index (κ3) is 4.49. The number of urea groups is 1. The lowest BCUT2D eigenvalue weighted by Gasteiger charge is -2.28. The SMILES string of the molecule is COCC1=C(SCC(=O)Nc2ccc(Br)cc2)C2C(=O)N(C)C(=O)[N+](C)=C2N=C1. The monoisotopic (exact) mass is 479 g/mol. The van der Waals surface area contributed by atoms with Crippen molar-refractivity contribution in [1.29, 1.82) is 0 Å². The summed E-state index contributed by atoms with van der Waals surface area (Å²) in [4.78, 5) is 43.5.